The first-order valence-electron chi connectivity index (χ1n) is 8.50. The van der Waals surface area contributed by atoms with Crippen LogP contribution in [0.4, 0.5) is 10.5 Å². The van der Waals surface area contributed by atoms with Gasteiger partial charge in [0.2, 0.25) is 0 Å². The zero-order valence-electron chi connectivity index (χ0n) is 13.8. The predicted octanol–water partition coefficient (Wildman–Crippen LogP) is 3.63. The second-order valence-electron chi connectivity index (χ2n) is 6.13. The van der Waals surface area contributed by atoms with E-state index in [0.717, 1.165) is 31.5 Å². The second-order valence-corrected chi connectivity index (χ2v) is 6.57. The summed E-state index contributed by atoms with van der Waals surface area (Å²) in [5.41, 5.74) is 1.88. The Labute approximate surface area is 147 Å². The van der Waals surface area contributed by atoms with Crippen LogP contribution in [0.2, 0.25) is 5.02 Å². The first-order valence-corrected chi connectivity index (χ1v) is 8.87. The number of urea groups is 1. The van der Waals surface area contributed by atoms with E-state index in [4.69, 9.17) is 11.6 Å². The highest BCUT2D eigenvalue weighted by atomic mass is 35.5. The lowest BCUT2D eigenvalue weighted by molar-refractivity contribution is -0.112. The van der Waals surface area contributed by atoms with Gasteiger partial charge >= 0.3 is 6.03 Å². The number of carbonyl (C=O) groups is 2. The molecule has 0 unspecified atom stereocenters. The number of imide groups is 1. The Morgan fingerprint density at radius 1 is 1.25 bits per heavy atom. The first-order chi connectivity index (χ1) is 11.6. The van der Waals surface area contributed by atoms with Crippen molar-refractivity contribution in [2.75, 3.05) is 24.5 Å². The number of rotatable bonds is 2. The Morgan fingerprint density at radius 3 is 2.62 bits per heavy atom. The molecule has 2 heterocycles. The Bertz CT molecular complexity index is 679. The summed E-state index contributed by atoms with van der Waals surface area (Å²) < 4.78 is 0. The van der Waals surface area contributed by atoms with Crippen LogP contribution >= 0.6 is 11.6 Å². The largest absolute Gasteiger partial charge is 0.377 e. The van der Waals surface area contributed by atoms with E-state index < -0.39 is 6.03 Å². The molecule has 128 valence electrons. The molecule has 0 aromatic heterocycles. The number of anilines is 1. The van der Waals surface area contributed by atoms with Gasteiger partial charge in [-0.1, -0.05) is 30.5 Å². The molecular formula is C18H22ClN3O2. The number of hydrogen-bond donors (Lipinski definition) is 1. The van der Waals surface area contributed by atoms with Crippen molar-refractivity contribution >= 4 is 34.8 Å². The van der Waals surface area contributed by atoms with E-state index >= 15 is 0 Å². The zero-order valence-corrected chi connectivity index (χ0v) is 14.6. The van der Waals surface area contributed by atoms with Gasteiger partial charge in [0, 0.05) is 36.4 Å². The predicted molar refractivity (Wildman–Crippen MR) is 96.0 cm³/mol. The van der Waals surface area contributed by atoms with Gasteiger partial charge in [-0.3, -0.25) is 4.79 Å². The molecule has 0 spiro atoms. The maximum atomic E-state index is 12.9. The van der Waals surface area contributed by atoms with E-state index in [1.54, 1.807) is 12.1 Å². The van der Waals surface area contributed by atoms with Gasteiger partial charge in [-0.15, -0.1) is 0 Å². The van der Waals surface area contributed by atoms with E-state index in [2.05, 4.69) is 10.2 Å². The highest BCUT2D eigenvalue weighted by molar-refractivity contribution is 6.40. The molecule has 0 atom stereocenters. The molecule has 1 fully saturated rings. The van der Waals surface area contributed by atoms with Crippen LogP contribution < -0.4 is 10.2 Å². The van der Waals surface area contributed by atoms with E-state index in [0.29, 0.717) is 22.8 Å². The number of nitrogens with one attached hydrogen (secondary N) is 1. The maximum Gasteiger partial charge on any atom is 0.329 e. The smallest absolute Gasteiger partial charge is 0.329 e. The third kappa shape index (κ3) is 3.26. The minimum absolute atomic E-state index is 0.289. The van der Waals surface area contributed by atoms with Crippen LogP contribution in [-0.4, -0.2) is 36.5 Å². The van der Waals surface area contributed by atoms with E-state index in [9.17, 15) is 9.59 Å². The number of benzene rings is 1. The highest BCUT2D eigenvalue weighted by Gasteiger charge is 2.37. The molecule has 5 nitrogen and oxygen atoms in total. The van der Waals surface area contributed by atoms with Crippen LogP contribution in [-0.2, 0) is 4.79 Å². The van der Waals surface area contributed by atoms with Gasteiger partial charge in [0.1, 0.15) is 0 Å². The minimum Gasteiger partial charge on any atom is -0.377 e. The van der Waals surface area contributed by atoms with E-state index in [1.807, 2.05) is 19.2 Å². The monoisotopic (exact) mass is 347 g/mol. The SMILES string of the molecule is CCNC(=O)N1C(=O)/C(=C/N2CCCCCC2)c2ccc(Cl)cc21. The molecule has 3 rings (SSSR count). The summed E-state index contributed by atoms with van der Waals surface area (Å²) >= 11 is 6.08. The molecule has 0 aliphatic carbocycles. The molecule has 2 aliphatic rings. The molecule has 1 saturated heterocycles. The fourth-order valence-corrected chi connectivity index (χ4v) is 3.39. The van der Waals surface area contributed by atoms with Gasteiger partial charge in [0.15, 0.2) is 0 Å². The molecule has 0 bridgehead atoms. The minimum atomic E-state index is -0.412. The van der Waals surface area contributed by atoms with Gasteiger partial charge in [0.25, 0.3) is 5.91 Å². The average molecular weight is 348 g/mol. The first kappa shape index (κ1) is 16.8. The molecule has 3 amide bonds. The van der Waals surface area contributed by atoms with Crippen molar-refractivity contribution in [2.24, 2.45) is 0 Å². The number of carbonyl (C=O) groups excluding carboxylic acids is 2. The summed E-state index contributed by atoms with van der Waals surface area (Å²) in [6, 6.07) is 4.84. The second kappa shape index (κ2) is 7.26. The topological polar surface area (TPSA) is 52.7 Å². The van der Waals surface area contributed by atoms with Crippen LogP contribution in [0.15, 0.2) is 24.4 Å². The van der Waals surface area contributed by atoms with Crippen molar-refractivity contribution in [3.05, 3.63) is 35.0 Å². The summed E-state index contributed by atoms with van der Waals surface area (Å²) in [4.78, 5) is 28.6. The number of halogens is 1. The van der Waals surface area contributed by atoms with E-state index in [1.165, 1.54) is 17.7 Å². The van der Waals surface area contributed by atoms with Crippen LogP contribution in [0.25, 0.3) is 5.57 Å². The Kier molecular flexibility index (Phi) is 5.09. The summed E-state index contributed by atoms with van der Waals surface area (Å²) in [6.07, 6.45) is 6.63. The van der Waals surface area contributed by atoms with Gasteiger partial charge in [-0.05, 0) is 31.9 Å². The lowest BCUT2D eigenvalue weighted by Crippen LogP contribution is -2.41. The Balaban J connectivity index is 1.99. The van der Waals surface area contributed by atoms with Gasteiger partial charge in [-0.2, -0.15) is 0 Å². The molecule has 1 aromatic carbocycles. The Hall–Kier alpha value is -2.01. The van der Waals surface area contributed by atoms with Crippen LogP contribution in [0.5, 0.6) is 0 Å². The molecule has 0 radical (unpaired) electrons. The van der Waals surface area contributed by atoms with Crippen LogP contribution in [0.3, 0.4) is 0 Å². The Morgan fingerprint density at radius 2 is 1.96 bits per heavy atom. The van der Waals surface area contributed by atoms with Gasteiger partial charge in [0.05, 0.1) is 11.3 Å². The van der Waals surface area contributed by atoms with Gasteiger partial charge in [-0.25, -0.2) is 9.69 Å². The summed E-state index contributed by atoms with van der Waals surface area (Å²) in [6.45, 7) is 4.18. The maximum absolute atomic E-state index is 12.9. The van der Waals surface area contributed by atoms with E-state index in [-0.39, 0.29) is 5.91 Å². The summed E-state index contributed by atoms with van der Waals surface area (Å²) in [5.74, 6) is -0.289. The quantitative estimate of drug-likeness (QED) is 0.831. The molecular weight excluding hydrogens is 326 g/mol. The third-order valence-electron chi connectivity index (χ3n) is 4.41. The fraction of sp³-hybridized carbons (Fsp3) is 0.444. The normalized spacial score (nSPS) is 19.4. The van der Waals surface area contributed by atoms with Crippen LogP contribution in [0.1, 0.15) is 38.2 Å². The molecule has 6 heteroatoms. The number of hydrogen-bond acceptors (Lipinski definition) is 3. The number of fused-ring (bicyclic) bond motifs is 1. The number of nitrogens with zero attached hydrogens (tertiary/aromatic N) is 2. The van der Waals surface area contributed by atoms with Crippen molar-refractivity contribution in [3.63, 3.8) is 0 Å². The molecule has 0 saturated carbocycles. The number of amides is 3. The molecule has 24 heavy (non-hydrogen) atoms. The molecule has 2 aliphatic heterocycles. The summed E-state index contributed by atoms with van der Waals surface area (Å²) in [5, 5.41) is 3.20. The highest BCUT2D eigenvalue weighted by Crippen LogP contribution is 2.38. The van der Waals surface area contributed by atoms with Crippen LogP contribution in [0, 0.1) is 0 Å². The van der Waals surface area contributed by atoms with Crippen molar-refractivity contribution in [1.82, 2.24) is 10.2 Å². The van der Waals surface area contributed by atoms with Crippen molar-refractivity contribution < 1.29 is 9.59 Å². The fourth-order valence-electron chi connectivity index (χ4n) is 3.23. The lowest BCUT2D eigenvalue weighted by Gasteiger charge is -2.18. The number of likely N-dealkylation sites (tertiary alicyclic amines) is 1. The zero-order chi connectivity index (χ0) is 17.1. The van der Waals surface area contributed by atoms with Crippen molar-refractivity contribution in [3.8, 4) is 0 Å². The van der Waals surface area contributed by atoms with Gasteiger partial charge < -0.3 is 10.2 Å². The summed E-state index contributed by atoms with van der Waals surface area (Å²) in [7, 11) is 0. The standard InChI is InChI=1S/C18H22ClN3O2/c1-2-20-18(24)22-16-11-13(19)7-8-14(16)15(17(22)23)12-21-9-5-3-4-6-10-21/h7-8,11-12H,2-6,9-10H2,1H3,(H,20,24)/b15-12+. The average Bonchev–Trinajstić information content (AvgIpc) is 2.71. The van der Waals surface area contributed by atoms with Crippen molar-refractivity contribution in [1.29, 1.82) is 0 Å². The molecule has 1 aromatic rings. The lowest BCUT2D eigenvalue weighted by atomic mass is 10.1. The van der Waals surface area contributed by atoms with Crippen molar-refractivity contribution in [2.45, 2.75) is 32.6 Å². The third-order valence-corrected chi connectivity index (χ3v) is 4.64. The molecule has 1 N–H and O–H groups in total.